The van der Waals surface area contributed by atoms with E-state index in [1.165, 1.54) is 0 Å². The number of hydrogen-bond acceptors (Lipinski definition) is 4. The first-order valence-electron chi connectivity index (χ1n) is 7.39. The molecule has 5 nitrogen and oxygen atoms in total. The van der Waals surface area contributed by atoms with E-state index in [4.69, 9.17) is 15.2 Å². The third-order valence-corrected chi connectivity index (χ3v) is 3.51. The van der Waals surface area contributed by atoms with Crippen LogP contribution in [-0.2, 0) is 9.53 Å². The molecule has 1 amide bonds. The van der Waals surface area contributed by atoms with Gasteiger partial charge in [0.15, 0.2) is 6.61 Å². The van der Waals surface area contributed by atoms with E-state index in [0.717, 1.165) is 12.8 Å². The molecule has 0 bridgehead atoms. The average Bonchev–Trinajstić information content (AvgIpc) is 2.50. The van der Waals surface area contributed by atoms with Crippen molar-refractivity contribution in [3.05, 3.63) is 24.3 Å². The number of nitrogen functional groups attached to an aromatic ring is 1. The normalized spacial score (nSPS) is 10.7. The zero-order valence-electron chi connectivity index (χ0n) is 13.2. The van der Waals surface area contributed by atoms with Crippen LogP contribution in [0.15, 0.2) is 24.3 Å². The van der Waals surface area contributed by atoms with Gasteiger partial charge in [-0.3, -0.25) is 4.79 Å². The summed E-state index contributed by atoms with van der Waals surface area (Å²) in [6, 6.07) is 7.39. The number of anilines is 1. The number of nitrogens with two attached hydrogens (primary N) is 1. The third kappa shape index (κ3) is 5.27. The molecule has 1 aromatic carbocycles. The largest absolute Gasteiger partial charge is 0.482 e. The Morgan fingerprint density at radius 2 is 1.95 bits per heavy atom. The summed E-state index contributed by atoms with van der Waals surface area (Å²) in [5.74, 6) is 0.506. The van der Waals surface area contributed by atoms with E-state index in [2.05, 4.69) is 13.8 Å². The van der Waals surface area contributed by atoms with Gasteiger partial charge in [-0.2, -0.15) is 0 Å². The molecule has 2 N–H and O–H groups in total. The van der Waals surface area contributed by atoms with E-state index >= 15 is 0 Å². The molecular weight excluding hydrogens is 268 g/mol. The van der Waals surface area contributed by atoms with Crippen LogP contribution >= 0.6 is 0 Å². The highest BCUT2D eigenvalue weighted by molar-refractivity contribution is 5.78. The summed E-state index contributed by atoms with van der Waals surface area (Å²) in [4.78, 5) is 14.2. The predicted octanol–water partition coefficient (Wildman–Crippen LogP) is 2.31. The van der Waals surface area contributed by atoms with E-state index < -0.39 is 0 Å². The Labute approximate surface area is 127 Å². The number of methoxy groups -OCH3 is 1. The quantitative estimate of drug-likeness (QED) is 0.710. The number of carbonyl (C=O) groups excluding carboxylic acids is 1. The van der Waals surface area contributed by atoms with Crippen molar-refractivity contribution in [1.82, 2.24) is 4.90 Å². The van der Waals surface area contributed by atoms with Crippen molar-refractivity contribution < 1.29 is 14.3 Å². The molecule has 0 heterocycles. The molecule has 21 heavy (non-hydrogen) atoms. The molecule has 0 unspecified atom stereocenters. The van der Waals surface area contributed by atoms with Gasteiger partial charge in [-0.05, 0) is 25.0 Å². The number of amides is 1. The van der Waals surface area contributed by atoms with Crippen LogP contribution < -0.4 is 10.5 Å². The van der Waals surface area contributed by atoms with Crippen LogP contribution in [0, 0.1) is 0 Å². The molecule has 0 spiro atoms. The molecule has 0 aliphatic heterocycles. The molecule has 0 radical (unpaired) electrons. The van der Waals surface area contributed by atoms with Gasteiger partial charge in [-0.1, -0.05) is 26.0 Å². The van der Waals surface area contributed by atoms with Crippen molar-refractivity contribution in [3.63, 3.8) is 0 Å². The minimum absolute atomic E-state index is 0.00553. The lowest BCUT2D eigenvalue weighted by Crippen LogP contribution is -2.44. The number of hydrogen-bond donors (Lipinski definition) is 1. The maximum Gasteiger partial charge on any atom is 0.260 e. The van der Waals surface area contributed by atoms with Crippen molar-refractivity contribution in [2.75, 3.05) is 32.6 Å². The highest BCUT2D eigenvalue weighted by atomic mass is 16.5. The summed E-state index contributed by atoms with van der Waals surface area (Å²) in [5, 5.41) is 0. The maximum atomic E-state index is 12.4. The van der Waals surface area contributed by atoms with Crippen LogP contribution in [-0.4, -0.2) is 43.7 Å². The van der Waals surface area contributed by atoms with Crippen LogP contribution in [0.3, 0.4) is 0 Å². The number of nitrogens with zero attached hydrogens (tertiary/aromatic N) is 1. The average molecular weight is 294 g/mol. The highest BCUT2D eigenvalue weighted by Crippen LogP contribution is 2.20. The molecule has 0 atom stereocenters. The molecule has 0 aliphatic carbocycles. The highest BCUT2D eigenvalue weighted by Gasteiger charge is 2.21. The molecule has 0 fully saturated rings. The fraction of sp³-hybridized carbons (Fsp3) is 0.562. The summed E-state index contributed by atoms with van der Waals surface area (Å²) >= 11 is 0. The first-order chi connectivity index (χ1) is 10.1. The first kappa shape index (κ1) is 17.3. The van der Waals surface area contributed by atoms with E-state index in [1.807, 2.05) is 17.0 Å². The van der Waals surface area contributed by atoms with Crippen LogP contribution in [0.4, 0.5) is 5.69 Å². The minimum Gasteiger partial charge on any atom is -0.482 e. The number of ether oxygens (including phenoxy) is 2. The van der Waals surface area contributed by atoms with Crippen molar-refractivity contribution in [2.45, 2.75) is 32.7 Å². The molecule has 5 heteroatoms. The van der Waals surface area contributed by atoms with Crippen LogP contribution in [0.1, 0.15) is 26.7 Å². The van der Waals surface area contributed by atoms with Crippen molar-refractivity contribution in [3.8, 4) is 5.75 Å². The Morgan fingerprint density at radius 3 is 2.52 bits per heavy atom. The van der Waals surface area contributed by atoms with Crippen molar-refractivity contribution in [1.29, 1.82) is 0 Å². The molecule has 0 aliphatic rings. The zero-order valence-corrected chi connectivity index (χ0v) is 13.2. The van der Waals surface area contributed by atoms with Gasteiger partial charge in [0.25, 0.3) is 5.91 Å². The number of para-hydroxylation sites is 2. The second-order valence-corrected chi connectivity index (χ2v) is 4.88. The third-order valence-electron chi connectivity index (χ3n) is 3.51. The second kappa shape index (κ2) is 9.23. The smallest absolute Gasteiger partial charge is 0.260 e. The molecular formula is C16H26N2O3. The standard InChI is InChI=1S/C16H26N2O3/c1-4-13(5-2)18(10-11-20-3)16(19)12-21-15-9-7-6-8-14(15)17/h6-9,13H,4-5,10-12,17H2,1-3H3. The summed E-state index contributed by atoms with van der Waals surface area (Å²) in [5.41, 5.74) is 6.34. The summed E-state index contributed by atoms with van der Waals surface area (Å²) in [7, 11) is 1.64. The van der Waals surface area contributed by atoms with E-state index in [0.29, 0.717) is 24.6 Å². The SMILES string of the molecule is CCC(CC)N(CCOC)C(=O)COc1ccccc1N. The molecule has 118 valence electrons. The first-order valence-corrected chi connectivity index (χ1v) is 7.39. The van der Waals surface area contributed by atoms with Crippen molar-refractivity contribution >= 4 is 11.6 Å². The Balaban J connectivity index is 2.65. The Kier molecular flexibility index (Phi) is 7.61. The lowest BCUT2D eigenvalue weighted by atomic mass is 10.1. The minimum atomic E-state index is -0.0380. The van der Waals surface area contributed by atoms with Gasteiger partial charge >= 0.3 is 0 Å². The van der Waals surface area contributed by atoms with Crippen molar-refractivity contribution in [2.24, 2.45) is 0 Å². The van der Waals surface area contributed by atoms with E-state index in [-0.39, 0.29) is 18.6 Å². The van der Waals surface area contributed by atoms with Crippen LogP contribution in [0.2, 0.25) is 0 Å². The van der Waals surface area contributed by atoms with Gasteiger partial charge < -0.3 is 20.1 Å². The van der Waals surface area contributed by atoms with Gasteiger partial charge in [-0.15, -0.1) is 0 Å². The summed E-state index contributed by atoms with van der Waals surface area (Å²) < 4.78 is 10.6. The molecule has 0 saturated heterocycles. The maximum absolute atomic E-state index is 12.4. The fourth-order valence-electron chi connectivity index (χ4n) is 2.26. The molecule has 1 rings (SSSR count). The van der Waals surface area contributed by atoms with Gasteiger partial charge in [0.1, 0.15) is 5.75 Å². The number of carbonyl (C=O) groups is 1. The van der Waals surface area contributed by atoms with E-state index in [1.54, 1.807) is 19.2 Å². The number of benzene rings is 1. The molecule has 0 aromatic heterocycles. The monoisotopic (exact) mass is 294 g/mol. The van der Waals surface area contributed by atoms with Gasteiger partial charge in [0, 0.05) is 19.7 Å². The zero-order chi connectivity index (χ0) is 15.7. The van der Waals surface area contributed by atoms with Gasteiger partial charge in [0.05, 0.1) is 12.3 Å². The fourth-order valence-corrected chi connectivity index (χ4v) is 2.26. The second-order valence-electron chi connectivity index (χ2n) is 4.88. The molecule has 1 aromatic rings. The number of rotatable bonds is 9. The lowest BCUT2D eigenvalue weighted by molar-refractivity contribution is -0.136. The van der Waals surface area contributed by atoms with Crippen LogP contribution in [0.5, 0.6) is 5.75 Å². The summed E-state index contributed by atoms with van der Waals surface area (Å²) in [6.07, 6.45) is 1.83. The van der Waals surface area contributed by atoms with E-state index in [9.17, 15) is 4.79 Å². The van der Waals surface area contributed by atoms with Gasteiger partial charge in [0.2, 0.25) is 0 Å². The lowest BCUT2D eigenvalue weighted by Gasteiger charge is -2.30. The predicted molar refractivity (Wildman–Crippen MR) is 84.3 cm³/mol. The summed E-state index contributed by atoms with van der Waals surface area (Å²) in [6.45, 7) is 5.26. The van der Waals surface area contributed by atoms with Gasteiger partial charge in [-0.25, -0.2) is 0 Å². The molecule has 0 saturated carbocycles. The van der Waals surface area contributed by atoms with Crippen LogP contribution in [0.25, 0.3) is 0 Å². The topological polar surface area (TPSA) is 64.8 Å². The Bertz CT molecular complexity index is 433. The Morgan fingerprint density at radius 1 is 1.29 bits per heavy atom. The Hall–Kier alpha value is -1.75.